The van der Waals surface area contributed by atoms with Gasteiger partial charge in [0.25, 0.3) is 0 Å². The number of anilines is 1. The summed E-state index contributed by atoms with van der Waals surface area (Å²) in [5, 5.41) is -0.222. The number of esters is 1. The van der Waals surface area contributed by atoms with Crippen LogP contribution in [0.25, 0.3) is 11.0 Å². The van der Waals surface area contributed by atoms with E-state index in [0.717, 1.165) is 16.3 Å². The first-order chi connectivity index (χ1) is 12.9. The highest BCUT2D eigenvalue weighted by atomic mass is 32.2. The fourth-order valence-electron chi connectivity index (χ4n) is 2.57. The predicted molar refractivity (Wildman–Crippen MR) is 97.7 cm³/mol. The molecule has 1 aromatic carbocycles. The summed E-state index contributed by atoms with van der Waals surface area (Å²) in [5.74, 6) is -0.438. The lowest BCUT2D eigenvalue weighted by Crippen LogP contribution is -2.11. The first-order valence-electron chi connectivity index (χ1n) is 8.13. The van der Waals surface area contributed by atoms with Crippen LogP contribution in [0.2, 0.25) is 0 Å². The van der Waals surface area contributed by atoms with Crippen LogP contribution in [0.1, 0.15) is 41.8 Å². The monoisotopic (exact) mass is 393 g/mol. The number of hydrogen-bond acceptors (Lipinski definition) is 7. The Hall–Kier alpha value is -2.75. The molecule has 10 heteroatoms. The van der Waals surface area contributed by atoms with E-state index in [1.165, 1.54) is 6.20 Å². The van der Waals surface area contributed by atoms with Crippen molar-refractivity contribution in [2.45, 2.75) is 30.8 Å². The second-order valence-electron chi connectivity index (χ2n) is 5.54. The average molecular weight is 393 g/mol. The number of aromatic nitrogens is 4. The van der Waals surface area contributed by atoms with Crippen molar-refractivity contribution in [2.75, 3.05) is 12.3 Å². The van der Waals surface area contributed by atoms with Crippen LogP contribution in [0.4, 0.5) is 14.6 Å². The molecule has 3 rings (SSSR count). The molecule has 0 aliphatic carbocycles. The van der Waals surface area contributed by atoms with Crippen LogP contribution in [0.15, 0.2) is 35.6 Å². The fraction of sp³-hybridized carbons (Fsp3) is 0.294. The zero-order valence-electron chi connectivity index (χ0n) is 14.6. The first kappa shape index (κ1) is 19.0. The second-order valence-corrected chi connectivity index (χ2v) is 6.85. The first-order valence-corrected chi connectivity index (χ1v) is 9.01. The zero-order chi connectivity index (χ0) is 19.6. The van der Waals surface area contributed by atoms with E-state index in [9.17, 15) is 13.6 Å². The maximum Gasteiger partial charge on any atom is 0.343 e. The van der Waals surface area contributed by atoms with Crippen LogP contribution in [-0.4, -0.2) is 32.1 Å². The number of imidazole rings is 1. The van der Waals surface area contributed by atoms with Gasteiger partial charge in [-0.15, -0.1) is 0 Å². The summed E-state index contributed by atoms with van der Waals surface area (Å²) in [6.07, 6.45) is 1.27. The normalized spacial score (nSPS) is 12.5. The minimum Gasteiger partial charge on any atom is -0.462 e. The average Bonchev–Trinajstić information content (AvgIpc) is 3.02. The SMILES string of the molecule is CCOC(=O)c1cnc(S[C@H](C)c2nc3ccccc3n2C(F)F)nc1N. The molecule has 0 bridgehead atoms. The van der Waals surface area contributed by atoms with E-state index in [1.807, 2.05) is 0 Å². The number of para-hydroxylation sites is 2. The molecule has 2 heterocycles. The van der Waals surface area contributed by atoms with Gasteiger partial charge in [-0.2, -0.15) is 8.78 Å². The molecular weight excluding hydrogens is 376 g/mol. The number of rotatable bonds is 6. The molecule has 0 unspecified atom stereocenters. The van der Waals surface area contributed by atoms with Crippen LogP contribution in [0.5, 0.6) is 0 Å². The van der Waals surface area contributed by atoms with Gasteiger partial charge in [0.15, 0.2) is 5.16 Å². The van der Waals surface area contributed by atoms with Crippen molar-refractivity contribution < 1.29 is 18.3 Å². The molecule has 0 aliphatic rings. The molecule has 3 aromatic rings. The minimum absolute atomic E-state index is 0.0273. The summed E-state index contributed by atoms with van der Waals surface area (Å²) >= 11 is 1.12. The highest BCUT2D eigenvalue weighted by Crippen LogP contribution is 2.36. The molecule has 1 atom stereocenters. The molecule has 2 aromatic heterocycles. The van der Waals surface area contributed by atoms with Gasteiger partial charge in [-0.3, -0.25) is 4.57 Å². The van der Waals surface area contributed by atoms with Crippen molar-refractivity contribution in [1.29, 1.82) is 0 Å². The molecule has 0 saturated carbocycles. The van der Waals surface area contributed by atoms with Gasteiger partial charge in [-0.25, -0.2) is 19.7 Å². The zero-order valence-corrected chi connectivity index (χ0v) is 15.4. The molecule has 0 amide bonds. The minimum atomic E-state index is -2.73. The van der Waals surface area contributed by atoms with Crippen LogP contribution < -0.4 is 5.73 Å². The highest BCUT2D eigenvalue weighted by Gasteiger charge is 2.23. The van der Waals surface area contributed by atoms with Crippen molar-refractivity contribution in [2.24, 2.45) is 0 Å². The Balaban J connectivity index is 1.89. The molecule has 2 N–H and O–H groups in total. The molecule has 0 fully saturated rings. The topological polar surface area (TPSA) is 95.9 Å². The van der Waals surface area contributed by atoms with Crippen LogP contribution in [0.3, 0.4) is 0 Å². The van der Waals surface area contributed by atoms with Gasteiger partial charge >= 0.3 is 12.5 Å². The Kier molecular flexibility index (Phi) is 5.54. The summed E-state index contributed by atoms with van der Waals surface area (Å²) < 4.78 is 32.9. The molecule has 0 saturated heterocycles. The predicted octanol–water partition coefficient (Wildman–Crippen LogP) is 3.83. The number of alkyl halides is 2. The Morgan fingerprint density at radius 3 is 2.74 bits per heavy atom. The Bertz CT molecular complexity index is 979. The standard InChI is InChI=1S/C17H17F2N5O2S/c1-3-26-15(25)10-8-21-17(23-13(10)20)27-9(2)14-22-11-6-4-5-7-12(11)24(14)16(18)19/h4-9,16H,3H2,1-2H3,(H2,20,21,23)/t9-/m1/s1. The van der Waals surface area contributed by atoms with E-state index in [0.29, 0.717) is 11.0 Å². The van der Waals surface area contributed by atoms with Gasteiger partial charge in [-0.05, 0) is 26.0 Å². The smallest absolute Gasteiger partial charge is 0.343 e. The molecular formula is C17H17F2N5O2S. The Labute approximate surface area is 158 Å². The van der Waals surface area contributed by atoms with Gasteiger partial charge < -0.3 is 10.5 Å². The number of carbonyl (C=O) groups excluding carboxylic acids is 1. The number of benzene rings is 1. The van der Waals surface area contributed by atoms with Gasteiger partial charge in [0.05, 0.1) is 22.9 Å². The number of ether oxygens (including phenoxy) is 1. The number of nitrogens with zero attached hydrogens (tertiary/aromatic N) is 4. The summed E-state index contributed by atoms with van der Waals surface area (Å²) in [5.41, 5.74) is 6.70. The van der Waals surface area contributed by atoms with Crippen molar-refractivity contribution >= 4 is 34.6 Å². The maximum atomic E-state index is 13.6. The van der Waals surface area contributed by atoms with E-state index < -0.39 is 17.8 Å². The molecule has 0 aliphatic heterocycles. The third-order valence-corrected chi connectivity index (χ3v) is 4.73. The lowest BCUT2D eigenvalue weighted by Gasteiger charge is -2.13. The van der Waals surface area contributed by atoms with Crippen LogP contribution in [-0.2, 0) is 4.74 Å². The molecule has 27 heavy (non-hydrogen) atoms. The Morgan fingerprint density at radius 1 is 1.33 bits per heavy atom. The van der Waals surface area contributed by atoms with Crippen LogP contribution >= 0.6 is 11.8 Å². The molecule has 7 nitrogen and oxygen atoms in total. The van der Waals surface area contributed by atoms with Crippen molar-refractivity contribution in [1.82, 2.24) is 19.5 Å². The number of carbonyl (C=O) groups is 1. The largest absolute Gasteiger partial charge is 0.462 e. The summed E-state index contributed by atoms with van der Waals surface area (Å²) in [6.45, 7) is 0.877. The lowest BCUT2D eigenvalue weighted by molar-refractivity contribution is 0.0526. The number of halogens is 2. The highest BCUT2D eigenvalue weighted by molar-refractivity contribution is 7.99. The third kappa shape index (κ3) is 3.85. The van der Waals surface area contributed by atoms with Gasteiger partial charge in [0.2, 0.25) is 0 Å². The Morgan fingerprint density at radius 2 is 2.07 bits per heavy atom. The fourth-order valence-corrected chi connectivity index (χ4v) is 3.42. The molecule has 0 spiro atoms. The number of thioether (sulfide) groups is 1. The van der Waals surface area contributed by atoms with E-state index >= 15 is 0 Å². The summed E-state index contributed by atoms with van der Waals surface area (Å²) in [6, 6.07) is 6.70. The van der Waals surface area contributed by atoms with E-state index in [1.54, 1.807) is 38.1 Å². The van der Waals surface area contributed by atoms with Crippen molar-refractivity contribution in [3.8, 4) is 0 Å². The lowest BCUT2D eigenvalue weighted by atomic mass is 10.3. The van der Waals surface area contributed by atoms with Gasteiger partial charge in [-0.1, -0.05) is 23.9 Å². The number of fused-ring (bicyclic) bond motifs is 1. The second kappa shape index (κ2) is 7.87. The third-order valence-electron chi connectivity index (χ3n) is 3.76. The molecule has 0 radical (unpaired) electrons. The summed E-state index contributed by atoms with van der Waals surface area (Å²) in [7, 11) is 0. The van der Waals surface area contributed by atoms with E-state index in [-0.39, 0.29) is 29.0 Å². The van der Waals surface area contributed by atoms with E-state index in [4.69, 9.17) is 10.5 Å². The van der Waals surface area contributed by atoms with Crippen LogP contribution in [0, 0.1) is 0 Å². The van der Waals surface area contributed by atoms with Crippen molar-refractivity contribution in [3.63, 3.8) is 0 Å². The van der Waals surface area contributed by atoms with Gasteiger partial charge in [0, 0.05) is 6.20 Å². The number of nitrogens with two attached hydrogens (primary N) is 1. The number of hydrogen-bond donors (Lipinski definition) is 1. The summed E-state index contributed by atoms with van der Waals surface area (Å²) in [4.78, 5) is 24.2. The van der Waals surface area contributed by atoms with E-state index in [2.05, 4.69) is 15.0 Å². The molecule has 142 valence electrons. The number of nitrogen functional groups attached to an aromatic ring is 1. The maximum absolute atomic E-state index is 13.6. The van der Waals surface area contributed by atoms with Gasteiger partial charge in [0.1, 0.15) is 17.2 Å². The van der Waals surface area contributed by atoms with Crippen molar-refractivity contribution in [3.05, 3.63) is 41.9 Å². The quantitative estimate of drug-likeness (QED) is 0.386.